The maximum absolute atomic E-state index is 12.1. The summed E-state index contributed by atoms with van der Waals surface area (Å²) < 4.78 is 11.0. The largest absolute Gasteiger partial charge is 0.493 e. The molecule has 0 radical (unpaired) electrons. The number of ether oxygens (including phenoxy) is 1. The van der Waals surface area contributed by atoms with Crippen LogP contribution in [0.3, 0.4) is 0 Å². The average Bonchev–Trinajstić information content (AvgIpc) is 3.13. The molecule has 0 aliphatic heterocycles. The summed E-state index contributed by atoms with van der Waals surface area (Å²) in [6.07, 6.45) is 0.845. The van der Waals surface area contributed by atoms with Crippen LogP contribution < -0.4 is 15.4 Å². The quantitative estimate of drug-likeness (QED) is 0.614. The standard InChI is InChI=1S/C22H25N3O3/c1-22(2,3)19-15-20(25-28-19)24-21(26)23-17-9-11-18(12-10-17)27-14-13-16-7-5-4-6-8-16/h4-12,15H,13-14H2,1-3H3,(H2,23,24,25,26). The zero-order valence-corrected chi connectivity index (χ0v) is 16.4. The number of hydrogen-bond acceptors (Lipinski definition) is 4. The fourth-order valence-electron chi connectivity index (χ4n) is 2.53. The summed E-state index contributed by atoms with van der Waals surface area (Å²) in [7, 11) is 0. The first-order valence-electron chi connectivity index (χ1n) is 9.22. The molecule has 2 amide bonds. The molecule has 0 bridgehead atoms. The van der Waals surface area contributed by atoms with Crippen LogP contribution in [0.4, 0.5) is 16.3 Å². The van der Waals surface area contributed by atoms with E-state index in [-0.39, 0.29) is 11.4 Å². The Bertz CT molecular complexity index is 897. The summed E-state index contributed by atoms with van der Waals surface area (Å²) in [6, 6.07) is 18.8. The molecule has 0 fully saturated rings. The van der Waals surface area contributed by atoms with Gasteiger partial charge in [-0.2, -0.15) is 0 Å². The van der Waals surface area contributed by atoms with Crippen molar-refractivity contribution in [3.63, 3.8) is 0 Å². The molecule has 6 nitrogen and oxygen atoms in total. The van der Waals surface area contributed by atoms with E-state index in [4.69, 9.17) is 9.26 Å². The number of anilines is 2. The van der Waals surface area contributed by atoms with Gasteiger partial charge in [-0.3, -0.25) is 5.32 Å². The third kappa shape index (κ3) is 5.61. The lowest BCUT2D eigenvalue weighted by Gasteiger charge is -2.12. The molecule has 1 heterocycles. The van der Waals surface area contributed by atoms with Crippen molar-refractivity contribution in [1.82, 2.24) is 5.16 Å². The number of benzene rings is 2. The van der Waals surface area contributed by atoms with Crippen LogP contribution in [0.1, 0.15) is 32.1 Å². The second-order valence-electron chi connectivity index (χ2n) is 7.51. The van der Waals surface area contributed by atoms with Gasteiger partial charge < -0.3 is 14.6 Å². The van der Waals surface area contributed by atoms with Crippen LogP contribution in [0, 0.1) is 0 Å². The van der Waals surface area contributed by atoms with Gasteiger partial charge in [-0.05, 0) is 29.8 Å². The molecular formula is C22H25N3O3. The van der Waals surface area contributed by atoms with Gasteiger partial charge in [0.15, 0.2) is 5.82 Å². The molecule has 3 rings (SSSR count). The highest BCUT2D eigenvalue weighted by atomic mass is 16.5. The number of urea groups is 1. The molecule has 6 heteroatoms. The fourth-order valence-corrected chi connectivity index (χ4v) is 2.53. The van der Waals surface area contributed by atoms with Crippen LogP contribution in [0.5, 0.6) is 5.75 Å². The van der Waals surface area contributed by atoms with Crippen molar-refractivity contribution in [2.45, 2.75) is 32.6 Å². The molecule has 146 valence electrons. The Balaban J connectivity index is 1.47. The van der Waals surface area contributed by atoms with Crippen molar-refractivity contribution in [3.05, 3.63) is 72.0 Å². The topological polar surface area (TPSA) is 76.4 Å². The van der Waals surface area contributed by atoms with E-state index in [1.807, 2.05) is 51.1 Å². The zero-order valence-electron chi connectivity index (χ0n) is 16.4. The minimum Gasteiger partial charge on any atom is -0.493 e. The molecule has 0 unspecified atom stereocenters. The third-order valence-electron chi connectivity index (χ3n) is 4.11. The lowest BCUT2D eigenvalue weighted by Crippen LogP contribution is -2.19. The van der Waals surface area contributed by atoms with Crippen LogP contribution in [0.25, 0.3) is 0 Å². The SMILES string of the molecule is CC(C)(C)c1cc(NC(=O)Nc2ccc(OCCc3ccccc3)cc2)no1. The molecule has 2 aromatic carbocycles. The van der Waals surface area contributed by atoms with Crippen molar-refractivity contribution >= 4 is 17.5 Å². The average molecular weight is 379 g/mol. The van der Waals surface area contributed by atoms with Gasteiger partial charge in [-0.25, -0.2) is 4.79 Å². The first kappa shape index (κ1) is 19.5. The van der Waals surface area contributed by atoms with E-state index >= 15 is 0 Å². The number of amides is 2. The van der Waals surface area contributed by atoms with Crippen LogP contribution in [0.15, 0.2) is 65.2 Å². The van der Waals surface area contributed by atoms with Crippen LogP contribution in [-0.2, 0) is 11.8 Å². The van der Waals surface area contributed by atoms with Crippen molar-refractivity contribution in [2.24, 2.45) is 0 Å². The van der Waals surface area contributed by atoms with E-state index in [1.54, 1.807) is 18.2 Å². The summed E-state index contributed by atoms with van der Waals surface area (Å²) in [5.41, 5.74) is 1.73. The minimum atomic E-state index is -0.383. The Hall–Kier alpha value is -3.28. The lowest BCUT2D eigenvalue weighted by atomic mass is 9.93. The van der Waals surface area contributed by atoms with Crippen LogP contribution in [0.2, 0.25) is 0 Å². The van der Waals surface area contributed by atoms with E-state index in [1.165, 1.54) is 5.56 Å². The van der Waals surface area contributed by atoms with Gasteiger partial charge in [0, 0.05) is 23.6 Å². The van der Waals surface area contributed by atoms with Crippen molar-refractivity contribution < 1.29 is 14.1 Å². The highest BCUT2D eigenvalue weighted by Crippen LogP contribution is 2.24. The first-order chi connectivity index (χ1) is 13.4. The third-order valence-corrected chi connectivity index (χ3v) is 4.11. The van der Waals surface area contributed by atoms with E-state index in [9.17, 15) is 4.79 Å². The maximum atomic E-state index is 12.1. The molecule has 0 aliphatic carbocycles. The number of carbonyl (C=O) groups is 1. The highest BCUT2D eigenvalue weighted by Gasteiger charge is 2.20. The fraction of sp³-hybridized carbons (Fsp3) is 0.273. The van der Waals surface area contributed by atoms with Crippen LogP contribution in [-0.4, -0.2) is 17.8 Å². The van der Waals surface area contributed by atoms with E-state index in [0.717, 1.165) is 12.2 Å². The lowest BCUT2D eigenvalue weighted by molar-refractivity contribution is 0.262. The Kier molecular flexibility index (Phi) is 5.99. The molecule has 0 spiro atoms. The number of nitrogens with zero attached hydrogens (tertiary/aromatic N) is 1. The molecule has 1 aromatic heterocycles. The van der Waals surface area contributed by atoms with Crippen molar-refractivity contribution in [2.75, 3.05) is 17.2 Å². The molecule has 0 atom stereocenters. The van der Waals surface area contributed by atoms with Gasteiger partial charge >= 0.3 is 6.03 Å². The Morgan fingerprint density at radius 2 is 1.75 bits per heavy atom. The van der Waals surface area contributed by atoms with E-state index in [2.05, 4.69) is 27.9 Å². The number of nitrogens with one attached hydrogen (secondary N) is 2. The summed E-state index contributed by atoms with van der Waals surface area (Å²) in [5.74, 6) is 1.84. The molecular weight excluding hydrogens is 354 g/mol. The van der Waals surface area contributed by atoms with Gasteiger partial charge in [-0.15, -0.1) is 0 Å². The number of hydrogen-bond donors (Lipinski definition) is 2. The number of rotatable bonds is 6. The van der Waals surface area contributed by atoms with Crippen molar-refractivity contribution in [3.8, 4) is 5.75 Å². The van der Waals surface area contributed by atoms with Gasteiger partial charge in [0.25, 0.3) is 0 Å². The summed E-state index contributed by atoms with van der Waals surface area (Å²) in [4.78, 5) is 12.1. The predicted molar refractivity (Wildman–Crippen MR) is 110 cm³/mol. The van der Waals surface area contributed by atoms with E-state index < -0.39 is 0 Å². The predicted octanol–water partition coefficient (Wildman–Crippen LogP) is 5.24. The highest BCUT2D eigenvalue weighted by molar-refractivity contribution is 5.99. The van der Waals surface area contributed by atoms with Crippen molar-refractivity contribution in [1.29, 1.82) is 0 Å². The van der Waals surface area contributed by atoms with Gasteiger partial charge in [0.05, 0.1) is 6.61 Å². The molecule has 0 saturated carbocycles. The molecule has 0 aliphatic rings. The monoisotopic (exact) mass is 379 g/mol. The van der Waals surface area contributed by atoms with Gasteiger partial charge in [0.1, 0.15) is 11.5 Å². The smallest absolute Gasteiger partial charge is 0.324 e. The maximum Gasteiger partial charge on any atom is 0.324 e. The van der Waals surface area contributed by atoms with Gasteiger partial charge in [-0.1, -0.05) is 56.3 Å². The second-order valence-corrected chi connectivity index (χ2v) is 7.51. The zero-order chi connectivity index (χ0) is 20.0. The Morgan fingerprint density at radius 1 is 1.04 bits per heavy atom. The van der Waals surface area contributed by atoms with Gasteiger partial charge in [0.2, 0.25) is 0 Å². The summed E-state index contributed by atoms with van der Waals surface area (Å²) in [6.45, 7) is 6.64. The summed E-state index contributed by atoms with van der Waals surface area (Å²) in [5, 5.41) is 9.29. The summed E-state index contributed by atoms with van der Waals surface area (Å²) >= 11 is 0. The van der Waals surface area contributed by atoms with Crippen LogP contribution >= 0.6 is 0 Å². The molecule has 3 aromatic rings. The minimum absolute atomic E-state index is 0.167. The molecule has 28 heavy (non-hydrogen) atoms. The normalized spacial score (nSPS) is 11.1. The molecule has 0 saturated heterocycles. The van der Waals surface area contributed by atoms with E-state index in [0.29, 0.717) is 23.9 Å². The second kappa shape index (κ2) is 8.61. The number of carbonyl (C=O) groups excluding carboxylic acids is 1. The Morgan fingerprint density at radius 3 is 2.39 bits per heavy atom. The molecule has 2 N–H and O–H groups in total. The Labute approximate surface area is 164 Å². The number of aromatic nitrogens is 1. The first-order valence-corrected chi connectivity index (χ1v) is 9.22.